The molecule has 1 aliphatic rings. The van der Waals surface area contributed by atoms with Gasteiger partial charge in [0.2, 0.25) is 0 Å². The highest BCUT2D eigenvalue weighted by Crippen LogP contribution is 2.29. The average Bonchev–Trinajstić information content (AvgIpc) is 3.10. The molecule has 4 heterocycles. The van der Waals surface area contributed by atoms with Gasteiger partial charge in [0, 0.05) is 18.8 Å². The second kappa shape index (κ2) is 6.16. The number of pyridine rings is 1. The molecule has 7 nitrogen and oxygen atoms in total. The standard InChI is InChI=1S/C17H20N6O/c1-12-5-6-15-20-13(8-16(24)23(15)9-12)10-22-7-3-2-4-14(22)17-18-11-19-21-17/h5-6,8-9,11,14H,2-4,7,10H2,1H3,(H,18,19,21). The van der Waals surface area contributed by atoms with Crippen molar-refractivity contribution in [1.29, 1.82) is 0 Å². The maximum Gasteiger partial charge on any atom is 0.258 e. The van der Waals surface area contributed by atoms with Crippen molar-refractivity contribution in [3.05, 3.63) is 58.2 Å². The number of fused-ring (bicyclic) bond motifs is 1. The summed E-state index contributed by atoms with van der Waals surface area (Å²) in [6, 6.07) is 5.71. The van der Waals surface area contributed by atoms with Crippen LogP contribution in [0.1, 0.15) is 42.4 Å². The maximum atomic E-state index is 12.4. The van der Waals surface area contributed by atoms with Gasteiger partial charge in [-0.3, -0.25) is 19.2 Å². The van der Waals surface area contributed by atoms with Crippen LogP contribution in [0, 0.1) is 6.92 Å². The summed E-state index contributed by atoms with van der Waals surface area (Å²) < 4.78 is 1.60. The largest absolute Gasteiger partial charge is 0.288 e. The van der Waals surface area contributed by atoms with E-state index >= 15 is 0 Å². The summed E-state index contributed by atoms with van der Waals surface area (Å²) in [5.41, 5.74) is 2.50. The van der Waals surface area contributed by atoms with Gasteiger partial charge in [-0.05, 0) is 37.9 Å². The third kappa shape index (κ3) is 2.82. The molecule has 3 aromatic heterocycles. The van der Waals surface area contributed by atoms with Gasteiger partial charge in [0.15, 0.2) is 0 Å². The van der Waals surface area contributed by atoms with Crippen LogP contribution < -0.4 is 5.56 Å². The molecule has 3 aromatic rings. The fourth-order valence-electron chi connectivity index (χ4n) is 3.41. The lowest BCUT2D eigenvalue weighted by atomic mass is 10.0. The lowest BCUT2D eigenvalue weighted by molar-refractivity contribution is 0.132. The minimum absolute atomic E-state index is 0.0353. The predicted molar refractivity (Wildman–Crippen MR) is 89.6 cm³/mol. The van der Waals surface area contributed by atoms with Gasteiger partial charge < -0.3 is 0 Å². The monoisotopic (exact) mass is 324 g/mol. The number of aromatic nitrogens is 5. The Hall–Kier alpha value is -2.54. The van der Waals surface area contributed by atoms with E-state index < -0.39 is 0 Å². The summed E-state index contributed by atoms with van der Waals surface area (Å²) in [5, 5.41) is 6.95. The van der Waals surface area contributed by atoms with Crippen LogP contribution in [0.4, 0.5) is 0 Å². The minimum Gasteiger partial charge on any atom is -0.288 e. The number of nitrogens with zero attached hydrogens (tertiary/aromatic N) is 5. The Kier molecular flexibility index (Phi) is 3.86. The van der Waals surface area contributed by atoms with Crippen LogP contribution in [-0.4, -0.2) is 36.0 Å². The first kappa shape index (κ1) is 15.0. The van der Waals surface area contributed by atoms with Gasteiger partial charge in [-0.25, -0.2) is 9.97 Å². The van der Waals surface area contributed by atoms with E-state index in [0.717, 1.165) is 36.5 Å². The second-order valence-corrected chi connectivity index (χ2v) is 6.37. The molecule has 124 valence electrons. The number of likely N-dealkylation sites (tertiary alicyclic amines) is 1. The Labute approximate surface area is 139 Å². The van der Waals surface area contributed by atoms with Crippen molar-refractivity contribution < 1.29 is 0 Å². The molecule has 0 saturated carbocycles. The van der Waals surface area contributed by atoms with Gasteiger partial charge in [-0.1, -0.05) is 12.5 Å². The van der Waals surface area contributed by atoms with Crippen LogP contribution >= 0.6 is 0 Å². The molecule has 4 rings (SSSR count). The van der Waals surface area contributed by atoms with E-state index in [1.807, 2.05) is 25.3 Å². The van der Waals surface area contributed by atoms with Crippen molar-refractivity contribution in [1.82, 2.24) is 29.5 Å². The van der Waals surface area contributed by atoms with Crippen LogP contribution in [-0.2, 0) is 6.54 Å². The molecule has 1 unspecified atom stereocenters. The number of rotatable bonds is 3. The molecule has 0 aliphatic carbocycles. The zero-order valence-electron chi connectivity index (χ0n) is 13.6. The first-order valence-electron chi connectivity index (χ1n) is 8.29. The SMILES string of the molecule is Cc1ccc2nc(CN3CCCCC3c3ncn[nH]3)cc(=O)n2c1. The molecular formula is C17H20N6O. The quantitative estimate of drug-likeness (QED) is 0.795. The third-order valence-electron chi connectivity index (χ3n) is 4.59. The molecule has 0 radical (unpaired) electrons. The summed E-state index contributed by atoms with van der Waals surface area (Å²) in [5.74, 6) is 0.892. The molecule has 1 saturated heterocycles. The molecule has 24 heavy (non-hydrogen) atoms. The first-order chi connectivity index (χ1) is 11.7. The zero-order valence-corrected chi connectivity index (χ0v) is 13.6. The van der Waals surface area contributed by atoms with E-state index in [2.05, 4.69) is 25.1 Å². The molecule has 1 N–H and O–H groups in total. The van der Waals surface area contributed by atoms with Gasteiger partial charge in [-0.2, -0.15) is 5.10 Å². The molecule has 1 fully saturated rings. The van der Waals surface area contributed by atoms with E-state index in [4.69, 9.17) is 0 Å². The Bertz CT molecular complexity index is 901. The predicted octanol–water partition coefficient (Wildman–Crippen LogP) is 1.85. The fourth-order valence-corrected chi connectivity index (χ4v) is 3.41. The Balaban J connectivity index is 1.65. The van der Waals surface area contributed by atoms with Gasteiger partial charge in [-0.15, -0.1) is 0 Å². The van der Waals surface area contributed by atoms with Crippen LogP contribution in [0.5, 0.6) is 0 Å². The Morgan fingerprint density at radius 2 is 2.25 bits per heavy atom. The lowest BCUT2D eigenvalue weighted by Gasteiger charge is -2.33. The summed E-state index contributed by atoms with van der Waals surface area (Å²) in [6.07, 6.45) is 6.74. The van der Waals surface area contributed by atoms with Crippen molar-refractivity contribution >= 4 is 5.65 Å². The highest BCUT2D eigenvalue weighted by Gasteiger charge is 2.26. The number of aryl methyl sites for hydroxylation is 1. The second-order valence-electron chi connectivity index (χ2n) is 6.37. The zero-order chi connectivity index (χ0) is 16.5. The number of hydrogen-bond acceptors (Lipinski definition) is 5. The van der Waals surface area contributed by atoms with Gasteiger partial charge in [0.25, 0.3) is 5.56 Å². The number of nitrogens with one attached hydrogen (secondary N) is 1. The van der Waals surface area contributed by atoms with Crippen molar-refractivity contribution in [3.63, 3.8) is 0 Å². The van der Waals surface area contributed by atoms with Gasteiger partial charge in [0.05, 0.1) is 11.7 Å². The molecule has 0 amide bonds. The lowest BCUT2D eigenvalue weighted by Crippen LogP contribution is -2.34. The molecular weight excluding hydrogens is 304 g/mol. The molecule has 7 heteroatoms. The third-order valence-corrected chi connectivity index (χ3v) is 4.59. The van der Waals surface area contributed by atoms with Crippen LogP contribution in [0.3, 0.4) is 0 Å². The molecule has 0 bridgehead atoms. The molecule has 0 aromatic carbocycles. The van der Waals surface area contributed by atoms with Crippen molar-refractivity contribution in [2.45, 2.75) is 38.8 Å². The number of H-pyrrole nitrogens is 1. The number of aromatic amines is 1. The summed E-state index contributed by atoms with van der Waals surface area (Å²) in [6.45, 7) is 3.58. The van der Waals surface area contributed by atoms with Crippen LogP contribution in [0.15, 0.2) is 35.5 Å². The van der Waals surface area contributed by atoms with Gasteiger partial charge >= 0.3 is 0 Å². The van der Waals surface area contributed by atoms with Crippen molar-refractivity contribution in [2.75, 3.05) is 6.54 Å². The molecule has 1 atom stereocenters. The van der Waals surface area contributed by atoms with Crippen molar-refractivity contribution in [3.8, 4) is 0 Å². The Morgan fingerprint density at radius 3 is 3.08 bits per heavy atom. The van der Waals surface area contributed by atoms with Crippen molar-refractivity contribution in [2.24, 2.45) is 0 Å². The molecule has 0 spiro atoms. The highest BCUT2D eigenvalue weighted by atomic mass is 16.1. The van der Waals surface area contributed by atoms with Crippen LogP contribution in [0.2, 0.25) is 0 Å². The van der Waals surface area contributed by atoms with E-state index in [-0.39, 0.29) is 11.6 Å². The maximum absolute atomic E-state index is 12.4. The summed E-state index contributed by atoms with van der Waals surface area (Å²) >= 11 is 0. The van der Waals surface area contributed by atoms with Gasteiger partial charge in [0.1, 0.15) is 17.8 Å². The first-order valence-corrected chi connectivity index (χ1v) is 8.29. The average molecular weight is 324 g/mol. The topological polar surface area (TPSA) is 79.2 Å². The van der Waals surface area contributed by atoms with E-state index in [9.17, 15) is 4.79 Å². The smallest absolute Gasteiger partial charge is 0.258 e. The summed E-state index contributed by atoms with van der Waals surface area (Å²) in [4.78, 5) is 23.7. The normalized spacial score (nSPS) is 19.0. The van der Waals surface area contributed by atoms with Crippen LogP contribution in [0.25, 0.3) is 5.65 Å². The summed E-state index contributed by atoms with van der Waals surface area (Å²) in [7, 11) is 0. The number of piperidine rings is 1. The molecule has 1 aliphatic heterocycles. The van der Waals surface area contributed by atoms with E-state index in [1.165, 1.54) is 6.42 Å². The number of hydrogen-bond donors (Lipinski definition) is 1. The highest BCUT2D eigenvalue weighted by molar-refractivity contribution is 5.39. The Morgan fingerprint density at radius 1 is 1.33 bits per heavy atom. The fraction of sp³-hybridized carbons (Fsp3) is 0.412. The minimum atomic E-state index is -0.0353. The van der Waals surface area contributed by atoms with E-state index in [1.54, 1.807) is 16.8 Å². The van der Waals surface area contributed by atoms with E-state index in [0.29, 0.717) is 12.2 Å².